The number of nitrogens with two attached hydrogens (primary N) is 1. The van der Waals surface area contributed by atoms with Crippen molar-refractivity contribution in [2.45, 2.75) is 12.2 Å². The molecule has 8 nitrogen and oxygen atoms in total. The highest BCUT2D eigenvalue weighted by molar-refractivity contribution is 7.89. The molecule has 0 spiro atoms. The van der Waals surface area contributed by atoms with Crippen LogP contribution >= 0.6 is 11.6 Å². The topological polar surface area (TPSA) is 128 Å². The minimum atomic E-state index is -3.65. The number of halogens is 1. The number of nitrogens with one attached hydrogen (secondary N) is 1. The van der Waals surface area contributed by atoms with Crippen LogP contribution in [-0.2, 0) is 10.0 Å². The number of nitrogens with zero attached hydrogens (tertiary/aromatic N) is 2. The Balaban J connectivity index is 2.78. The Kier molecular flexibility index (Phi) is 4.43. The van der Waals surface area contributed by atoms with Gasteiger partial charge in [-0.25, -0.2) is 18.5 Å². The second-order valence-electron chi connectivity index (χ2n) is 3.56. The number of aromatic nitrogens is 1. The van der Waals surface area contributed by atoms with Crippen LogP contribution in [0.15, 0.2) is 12.3 Å². The van der Waals surface area contributed by atoms with Crippen molar-refractivity contribution in [1.29, 1.82) is 0 Å². The number of anilines is 1. The van der Waals surface area contributed by atoms with Crippen LogP contribution in [0.2, 0.25) is 5.02 Å². The van der Waals surface area contributed by atoms with E-state index >= 15 is 0 Å². The Morgan fingerprint density at radius 2 is 2.28 bits per heavy atom. The molecule has 0 fully saturated rings. The third-order valence-electron chi connectivity index (χ3n) is 2.16. The summed E-state index contributed by atoms with van der Waals surface area (Å²) in [4.78, 5) is 13.6. The molecule has 100 valence electrons. The van der Waals surface area contributed by atoms with Crippen molar-refractivity contribution >= 4 is 33.1 Å². The zero-order chi connectivity index (χ0) is 13.9. The molecule has 18 heavy (non-hydrogen) atoms. The van der Waals surface area contributed by atoms with Gasteiger partial charge in [0.2, 0.25) is 10.0 Å². The highest BCUT2D eigenvalue weighted by atomic mass is 35.5. The lowest BCUT2D eigenvalue weighted by molar-refractivity contribution is -0.385. The first-order valence-corrected chi connectivity index (χ1v) is 6.76. The molecular weight excluding hydrogens is 284 g/mol. The van der Waals surface area contributed by atoms with Gasteiger partial charge in [0.05, 0.1) is 15.2 Å². The molecule has 1 aromatic rings. The van der Waals surface area contributed by atoms with Crippen LogP contribution < -0.4 is 10.5 Å². The van der Waals surface area contributed by atoms with E-state index < -0.39 is 20.2 Å². The molecule has 0 aliphatic heterocycles. The summed E-state index contributed by atoms with van der Waals surface area (Å²) < 4.78 is 22.0. The Morgan fingerprint density at radius 1 is 1.67 bits per heavy atom. The minimum Gasteiger partial charge on any atom is -0.367 e. The van der Waals surface area contributed by atoms with E-state index in [1.165, 1.54) is 6.92 Å². The molecule has 3 N–H and O–H groups in total. The summed E-state index contributed by atoms with van der Waals surface area (Å²) in [5, 5.41) is 17.3. The molecule has 0 saturated heterocycles. The van der Waals surface area contributed by atoms with Gasteiger partial charge in [0, 0.05) is 12.6 Å². The molecule has 0 unspecified atom stereocenters. The molecule has 1 rings (SSSR count). The molecule has 0 aliphatic rings. The van der Waals surface area contributed by atoms with Crippen molar-refractivity contribution in [2.75, 3.05) is 11.9 Å². The number of primary sulfonamides is 1. The summed E-state index contributed by atoms with van der Waals surface area (Å²) in [6, 6.07) is 1.12. The molecule has 10 heteroatoms. The van der Waals surface area contributed by atoms with E-state index in [2.05, 4.69) is 10.3 Å². The number of nitro groups is 1. The summed E-state index contributed by atoms with van der Waals surface area (Å²) in [6.45, 7) is 1.42. The summed E-state index contributed by atoms with van der Waals surface area (Å²) in [6.07, 6.45) is 1.02. The van der Waals surface area contributed by atoms with Crippen molar-refractivity contribution in [2.24, 2.45) is 5.14 Å². The molecule has 0 bridgehead atoms. The van der Waals surface area contributed by atoms with E-state index in [0.717, 1.165) is 12.3 Å². The van der Waals surface area contributed by atoms with E-state index in [1.54, 1.807) is 0 Å². The van der Waals surface area contributed by atoms with Gasteiger partial charge in [0.25, 0.3) is 5.69 Å². The van der Waals surface area contributed by atoms with Gasteiger partial charge in [-0.1, -0.05) is 11.6 Å². The molecule has 1 heterocycles. The van der Waals surface area contributed by atoms with Crippen LogP contribution in [0.3, 0.4) is 0 Å². The van der Waals surface area contributed by atoms with E-state index in [-0.39, 0.29) is 23.1 Å². The van der Waals surface area contributed by atoms with E-state index in [1.807, 2.05) is 0 Å². The third-order valence-corrected chi connectivity index (χ3v) is 3.73. The van der Waals surface area contributed by atoms with Gasteiger partial charge in [0.1, 0.15) is 12.0 Å². The predicted molar refractivity (Wildman–Crippen MR) is 67.0 cm³/mol. The Labute approximate surface area is 108 Å². The lowest BCUT2D eigenvalue weighted by Gasteiger charge is -2.11. The first kappa shape index (κ1) is 14.6. The van der Waals surface area contributed by atoms with Gasteiger partial charge in [-0.15, -0.1) is 0 Å². The third kappa shape index (κ3) is 3.79. The van der Waals surface area contributed by atoms with Crippen molar-refractivity contribution in [3.05, 3.63) is 27.4 Å². The molecule has 1 atom stereocenters. The first-order valence-electron chi connectivity index (χ1n) is 4.77. The predicted octanol–water partition coefficient (Wildman–Crippen LogP) is 0.732. The zero-order valence-corrected chi connectivity index (χ0v) is 10.9. The first-order chi connectivity index (χ1) is 8.21. The fourth-order valence-electron chi connectivity index (χ4n) is 1.01. The number of sulfonamides is 1. The smallest absolute Gasteiger partial charge is 0.289 e. The monoisotopic (exact) mass is 294 g/mol. The minimum absolute atomic E-state index is 0.00334. The maximum atomic E-state index is 11.0. The van der Waals surface area contributed by atoms with Crippen LogP contribution in [0.4, 0.5) is 11.5 Å². The van der Waals surface area contributed by atoms with Crippen LogP contribution in [0, 0.1) is 10.1 Å². The van der Waals surface area contributed by atoms with Gasteiger partial charge in [-0.3, -0.25) is 10.1 Å². The van der Waals surface area contributed by atoms with Gasteiger partial charge in [-0.05, 0) is 6.92 Å². The highest BCUT2D eigenvalue weighted by Crippen LogP contribution is 2.23. The van der Waals surface area contributed by atoms with E-state index in [9.17, 15) is 18.5 Å². The molecule has 0 amide bonds. The standard InChI is InChI=1S/C8H11ClN4O4S/c1-5(18(10,16)17)3-11-8-7(9)2-6(4-12-8)13(14)15/h2,4-5H,3H2,1H3,(H,11,12)(H2,10,16,17)/t5-/m0/s1. The quantitative estimate of drug-likeness (QED) is 0.608. The lowest BCUT2D eigenvalue weighted by Crippen LogP contribution is -2.32. The van der Waals surface area contributed by atoms with Crippen molar-refractivity contribution < 1.29 is 13.3 Å². The van der Waals surface area contributed by atoms with Gasteiger partial charge >= 0.3 is 0 Å². The second kappa shape index (κ2) is 5.46. The molecular formula is C8H11ClN4O4S. The van der Waals surface area contributed by atoms with Crippen LogP contribution in [0.25, 0.3) is 0 Å². The number of hydrogen-bond acceptors (Lipinski definition) is 6. The van der Waals surface area contributed by atoms with Crippen molar-refractivity contribution in [3.8, 4) is 0 Å². The SMILES string of the molecule is C[C@@H](CNc1ncc([N+](=O)[O-])cc1Cl)S(N)(=O)=O. The Hall–Kier alpha value is -1.45. The number of rotatable bonds is 5. The lowest BCUT2D eigenvalue weighted by atomic mass is 10.4. The summed E-state index contributed by atoms with van der Waals surface area (Å²) in [7, 11) is -3.65. The van der Waals surface area contributed by atoms with Gasteiger partial charge in [-0.2, -0.15) is 0 Å². The summed E-state index contributed by atoms with van der Waals surface area (Å²) >= 11 is 5.76. The van der Waals surface area contributed by atoms with Crippen LogP contribution in [-0.4, -0.2) is 30.1 Å². The van der Waals surface area contributed by atoms with Crippen molar-refractivity contribution in [3.63, 3.8) is 0 Å². The second-order valence-corrected chi connectivity index (χ2v) is 5.95. The van der Waals surface area contributed by atoms with Crippen LogP contribution in [0.1, 0.15) is 6.92 Å². The van der Waals surface area contributed by atoms with Gasteiger partial charge in [0.15, 0.2) is 0 Å². The fourth-order valence-corrected chi connectivity index (χ4v) is 1.56. The zero-order valence-electron chi connectivity index (χ0n) is 9.33. The average molecular weight is 295 g/mol. The van der Waals surface area contributed by atoms with Crippen molar-refractivity contribution in [1.82, 2.24) is 4.98 Å². The molecule has 0 saturated carbocycles. The highest BCUT2D eigenvalue weighted by Gasteiger charge is 2.17. The fraction of sp³-hybridized carbons (Fsp3) is 0.375. The largest absolute Gasteiger partial charge is 0.367 e. The van der Waals surface area contributed by atoms with Crippen LogP contribution in [0.5, 0.6) is 0 Å². The molecule has 1 aromatic heterocycles. The normalized spacial score (nSPS) is 13.1. The average Bonchev–Trinajstić information content (AvgIpc) is 2.25. The Bertz CT molecular complexity index is 562. The molecule has 0 aliphatic carbocycles. The molecule has 0 aromatic carbocycles. The number of hydrogen-bond donors (Lipinski definition) is 2. The van der Waals surface area contributed by atoms with Gasteiger partial charge < -0.3 is 5.32 Å². The maximum Gasteiger partial charge on any atom is 0.289 e. The van der Waals surface area contributed by atoms with E-state index in [0.29, 0.717) is 0 Å². The Morgan fingerprint density at radius 3 is 2.72 bits per heavy atom. The summed E-state index contributed by atoms with van der Waals surface area (Å²) in [5.74, 6) is 0.165. The summed E-state index contributed by atoms with van der Waals surface area (Å²) in [5.41, 5.74) is -0.245. The number of pyridine rings is 1. The maximum absolute atomic E-state index is 11.0. The van der Waals surface area contributed by atoms with E-state index in [4.69, 9.17) is 16.7 Å². The molecule has 0 radical (unpaired) electrons.